The number of hydrogen-bond donors (Lipinski definition) is 2. The summed E-state index contributed by atoms with van der Waals surface area (Å²) >= 11 is 0. The predicted octanol–water partition coefficient (Wildman–Crippen LogP) is 2.07. The van der Waals surface area contributed by atoms with Gasteiger partial charge in [0.25, 0.3) is 0 Å². The minimum absolute atomic E-state index is 0.378. The summed E-state index contributed by atoms with van der Waals surface area (Å²) < 4.78 is 0. The summed E-state index contributed by atoms with van der Waals surface area (Å²) in [5, 5.41) is 6.89. The highest BCUT2D eigenvalue weighted by Crippen LogP contribution is 2.16. The highest BCUT2D eigenvalue weighted by atomic mass is 15.1. The van der Waals surface area contributed by atoms with Crippen LogP contribution in [0, 0.1) is 6.92 Å². The number of nitrogens with zero attached hydrogens (tertiary/aromatic N) is 2. The molecule has 1 aromatic heterocycles. The van der Waals surface area contributed by atoms with E-state index in [1.54, 1.807) is 0 Å². The predicted molar refractivity (Wildman–Crippen MR) is 70.4 cm³/mol. The van der Waals surface area contributed by atoms with Crippen molar-refractivity contribution in [2.75, 3.05) is 18.4 Å². The van der Waals surface area contributed by atoms with E-state index in [0.717, 1.165) is 30.4 Å². The van der Waals surface area contributed by atoms with Gasteiger partial charge >= 0.3 is 0 Å². The van der Waals surface area contributed by atoms with Gasteiger partial charge in [-0.1, -0.05) is 13.8 Å². The highest BCUT2D eigenvalue weighted by molar-refractivity contribution is 5.37. The number of anilines is 1. The first kappa shape index (κ1) is 12.3. The van der Waals surface area contributed by atoms with Crippen molar-refractivity contribution in [3.05, 3.63) is 17.6 Å². The molecule has 1 aromatic rings. The molecular weight excluding hydrogens is 212 g/mol. The van der Waals surface area contributed by atoms with Crippen LogP contribution in [0.15, 0.2) is 6.07 Å². The second-order valence-electron chi connectivity index (χ2n) is 5.08. The van der Waals surface area contributed by atoms with Gasteiger partial charge in [-0.2, -0.15) is 0 Å². The fourth-order valence-electron chi connectivity index (χ4n) is 2.10. The van der Waals surface area contributed by atoms with Crippen LogP contribution in [0.5, 0.6) is 0 Å². The van der Waals surface area contributed by atoms with Gasteiger partial charge in [0, 0.05) is 23.7 Å². The zero-order valence-electron chi connectivity index (χ0n) is 11.0. The molecule has 1 saturated heterocycles. The van der Waals surface area contributed by atoms with Gasteiger partial charge in [0.1, 0.15) is 11.6 Å². The maximum Gasteiger partial charge on any atom is 0.133 e. The fourth-order valence-corrected chi connectivity index (χ4v) is 2.10. The smallest absolute Gasteiger partial charge is 0.133 e. The summed E-state index contributed by atoms with van der Waals surface area (Å²) in [4.78, 5) is 9.05. The Labute approximate surface area is 103 Å². The fraction of sp³-hybridized carbons (Fsp3) is 0.692. The molecule has 0 unspecified atom stereocenters. The lowest BCUT2D eigenvalue weighted by Gasteiger charge is -2.24. The molecule has 94 valence electrons. The molecule has 2 rings (SSSR count). The number of rotatable bonds is 3. The highest BCUT2D eigenvalue weighted by Gasteiger charge is 2.14. The van der Waals surface area contributed by atoms with Gasteiger partial charge in [0.15, 0.2) is 0 Å². The number of aryl methyl sites for hydroxylation is 1. The van der Waals surface area contributed by atoms with Crippen LogP contribution in [-0.2, 0) is 0 Å². The van der Waals surface area contributed by atoms with Crippen LogP contribution in [0.1, 0.15) is 44.1 Å². The van der Waals surface area contributed by atoms with E-state index in [2.05, 4.69) is 34.4 Å². The molecule has 0 radical (unpaired) electrons. The van der Waals surface area contributed by atoms with Crippen molar-refractivity contribution in [1.29, 1.82) is 0 Å². The molecule has 0 atom stereocenters. The molecule has 2 heterocycles. The van der Waals surface area contributed by atoms with E-state index in [1.165, 1.54) is 12.8 Å². The molecule has 4 heteroatoms. The summed E-state index contributed by atoms with van der Waals surface area (Å²) in [7, 11) is 0. The van der Waals surface area contributed by atoms with Crippen molar-refractivity contribution < 1.29 is 0 Å². The molecule has 1 aliphatic heterocycles. The number of nitrogens with one attached hydrogen (secondary N) is 2. The van der Waals surface area contributed by atoms with Gasteiger partial charge in [-0.25, -0.2) is 9.97 Å². The van der Waals surface area contributed by atoms with Crippen LogP contribution in [0.25, 0.3) is 0 Å². The molecule has 0 aromatic carbocycles. The largest absolute Gasteiger partial charge is 0.367 e. The number of piperidine rings is 1. The van der Waals surface area contributed by atoms with E-state index < -0.39 is 0 Å². The summed E-state index contributed by atoms with van der Waals surface area (Å²) in [5.41, 5.74) is 1.04. The van der Waals surface area contributed by atoms with Crippen LogP contribution in [0.4, 0.5) is 5.82 Å². The SMILES string of the molecule is Cc1cc(NC2CCNCC2)nc(C(C)C)n1. The quantitative estimate of drug-likeness (QED) is 0.840. The second-order valence-corrected chi connectivity index (χ2v) is 5.08. The first-order valence-corrected chi connectivity index (χ1v) is 6.48. The molecule has 0 amide bonds. The van der Waals surface area contributed by atoms with Gasteiger partial charge in [-0.3, -0.25) is 0 Å². The molecular formula is C13H22N4. The second kappa shape index (κ2) is 5.45. The zero-order valence-corrected chi connectivity index (χ0v) is 11.0. The Morgan fingerprint density at radius 2 is 2.00 bits per heavy atom. The summed E-state index contributed by atoms with van der Waals surface area (Å²) in [6.45, 7) is 8.48. The van der Waals surface area contributed by atoms with Crippen LogP contribution in [0.3, 0.4) is 0 Å². The molecule has 1 fully saturated rings. The minimum atomic E-state index is 0.378. The van der Waals surface area contributed by atoms with Gasteiger partial charge < -0.3 is 10.6 Å². The van der Waals surface area contributed by atoms with E-state index in [0.29, 0.717) is 12.0 Å². The molecule has 0 bridgehead atoms. The topological polar surface area (TPSA) is 49.8 Å². The Kier molecular flexibility index (Phi) is 3.94. The molecule has 1 aliphatic rings. The first-order valence-electron chi connectivity index (χ1n) is 6.48. The van der Waals surface area contributed by atoms with Crippen molar-refractivity contribution in [1.82, 2.24) is 15.3 Å². The van der Waals surface area contributed by atoms with E-state index in [4.69, 9.17) is 0 Å². The first-order chi connectivity index (χ1) is 8.15. The average Bonchev–Trinajstić information content (AvgIpc) is 2.29. The third-order valence-corrected chi connectivity index (χ3v) is 3.08. The van der Waals surface area contributed by atoms with Crippen LogP contribution in [0.2, 0.25) is 0 Å². The number of aromatic nitrogens is 2. The van der Waals surface area contributed by atoms with Crippen molar-refractivity contribution >= 4 is 5.82 Å². The van der Waals surface area contributed by atoms with Crippen LogP contribution < -0.4 is 10.6 Å². The summed E-state index contributed by atoms with van der Waals surface area (Å²) in [6.07, 6.45) is 2.33. The van der Waals surface area contributed by atoms with Crippen LogP contribution >= 0.6 is 0 Å². The van der Waals surface area contributed by atoms with E-state index in [-0.39, 0.29) is 0 Å². The lowest BCUT2D eigenvalue weighted by Crippen LogP contribution is -2.35. The maximum atomic E-state index is 4.58. The molecule has 0 aliphatic carbocycles. The van der Waals surface area contributed by atoms with Crippen molar-refractivity contribution in [2.45, 2.75) is 45.6 Å². The van der Waals surface area contributed by atoms with E-state index in [1.807, 2.05) is 13.0 Å². The normalized spacial score (nSPS) is 17.4. The van der Waals surface area contributed by atoms with E-state index >= 15 is 0 Å². The van der Waals surface area contributed by atoms with Crippen molar-refractivity contribution in [3.8, 4) is 0 Å². The average molecular weight is 234 g/mol. The summed E-state index contributed by atoms with van der Waals surface area (Å²) in [6, 6.07) is 2.58. The lowest BCUT2D eigenvalue weighted by molar-refractivity contribution is 0.478. The van der Waals surface area contributed by atoms with Gasteiger partial charge in [0.05, 0.1) is 0 Å². The van der Waals surface area contributed by atoms with Crippen LogP contribution in [-0.4, -0.2) is 29.1 Å². The Balaban J connectivity index is 2.09. The van der Waals surface area contributed by atoms with Crippen molar-refractivity contribution in [3.63, 3.8) is 0 Å². The molecule has 0 spiro atoms. The number of hydrogen-bond acceptors (Lipinski definition) is 4. The zero-order chi connectivity index (χ0) is 12.3. The van der Waals surface area contributed by atoms with E-state index in [9.17, 15) is 0 Å². The third-order valence-electron chi connectivity index (χ3n) is 3.08. The lowest BCUT2D eigenvalue weighted by atomic mass is 10.1. The molecule has 0 saturated carbocycles. The standard InChI is InChI=1S/C13H22N4/c1-9(2)13-15-10(3)8-12(17-13)16-11-4-6-14-7-5-11/h8-9,11,14H,4-7H2,1-3H3,(H,15,16,17). The molecule has 4 nitrogen and oxygen atoms in total. The minimum Gasteiger partial charge on any atom is -0.367 e. The Bertz CT molecular complexity index is 370. The molecule has 17 heavy (non-hydrogen) atoms. The summed E-state index contributed by atoms with van der Waals surface area (Å²) in [5.74, 6) is 2.29. The maximum absolute atomic E-state index is 4.58. The van der Waals surface area contributed by atoms with Gasteiger partial charge in [0.2, 0.25) is 0 Å². The third kappa shape index (κ3) is 3.40. The van der Waals surface area contributed by atoms with Gasteiger partial charge in [-0.15, -0.1) is 0 Å². The van der Waals surface area contributed by atoms with Crippen molar-refractivity contribution in [2.24, 2.45) is 0 Å². The Hall–Kier alpha value is -1.16. The molecule has 2 N–H and O–H groups in total. The monoisotopic (exact) mass is 234 g/mol. The Morgan fingerprint density at radius 3 is 2.65 bits per heavy atom. The van der Waals surface area contributed by atoms with Gasteiger partial charge in [-0.05, 0) is 32.9 Å². The Morgan fingerprint density at radius 1 is 1.29 bits per heavy atom.